The third-order valence-electron chi connectivity index (χ3n) is 4.12. The summed E-state index contributed by atoms with van der Waals surface area (Å²) in [6.07, 6.45) is 1.49. The van der Waals surface area contributed by atoms with E-state index in [2.05, 4.69) is 10.3 Å². The molecule has 2 amide bonds. The zero-order valence-corrected chi connectivity index (χ0v) is 16.0. The number of anilines is 2. The molecule has 3 heterocycles. The van der Waals surface area contributed by atoms with Gasteiger partial charge in [-0.1, -0.05) is 6.07 Å². The number of hydrogen-bond acceptors (Lipinski definition) is 6. The highest BCUT2D eigenvalue weighted by Crippen LogP contribution is 2.28. The summed E-state index contributed by atoms with van der Waals surface area (Å²) in [4.78, 5) is 31.1. The van der Waals surface area contributed by atoms with E-state index in [4.69, 9.17) is 4.74 Å². The number of carbonyl (C=O) groups excluding carboxylic acids is 2. The van der Waals surface area contributed by atoms with Crippen molar-refractivity contribution in [2.75, 3.05) is 23.4 Å². The molecule has 8 heteroatoms. The van der Waals surface area contributed by atoms with Crippen molar-refractivity contribution in [3.8, 4) is 16.3 Å². The van der Waals surface area contributed by atoms with Crippen LogP contribution >= 0.6 is 22.7 Å². The molecule has 0 unspecified atom stereocenters. The monoisotopic (exact) mass is 399 g/mol. The van der Waals surface area contributed by atoms with E-state index in [-0.39, 0.29) is 18.4 Å². The Labute approximate surface area is 164 Å². The van der Waals surface area contributed by atoms with E-state index >= 15 is 0 Å². The Hall–Kier alpha value is -2.71. The molecule has 0 aliphatic carbocycles. The lowest BCUT2D eigenvalue weighted by molar-refractivity contribution is -0.118. The molecule has 0 atom stereocenters. The highest BCUT2D eigenvalue weighted by Gasteiger charge is 2.21. The van der Waals surface area contributed by atoms with Gasteiger partial charge in [0.05, 0.1) is 10.6 Å². The minimum Gasteiger partial charge on any atom is -0.484 e. The molecule has 0 saturated carbocycles. The number of ether oxygens (including phenoxy) is 1. The van der Waals surface area contributed by atoms with Crippen LogP contribution in [0.25, 0.3) is 10.6 Å². The summed E-state index contributed by atoms with van der Waals surface area (Å²) >= 11 is 2.99. The molecule has 2 aromatic heterocycles. The molecule has 138 valence electrons. The number of rotatable bonds is 6. The van der Waals surface area contributed by atoms with Crippen LogP contribution in [0, 0.1) is 0 Å². The van der Waals surface area contributed by atoms with Crippen molar-refractivity contribution in [2.24, 2.45) is 0 Å². The first-order valence-electron chi connectivity index (χ1n) is 8.51. The smallest absolute Gasteiger partial charge is 0.264 e. The maximum Gasteiger partial charge on any atom is 0.264 e. The molecule has 1 saturated heterocycles. The highest BCUT2D eigenvalue weighted by atomic mass is 32.1. The van der Waals surface area contributed by atoms with E-state index in [1.807, 2.05) is 35.0 Å². The summed E-state index contributed by atoms with van der Waals surface area (Å²) in [5.41, 5.74) is 1.72. The lowest BCUT2D eigenvalue weighted by Gasteiger charge is -2.16. The van der Waals surface area contributed by atoms with Gasteiger partial charge in [-0.15, -0.1) is 22.7 Å². The third kappa shape index (κ3) is 4.17. The zero-order valence-electron chi connectivity index (χ0n) is 14.4. The Morgan fingerprint density at radius 2 is 2.07 bits per heavy atom. The summed E-state index contributed by atoms with van der Waals surface area (Å²) in [5.74, 6) is 0.466. The summed E-state index contributed by atoms with van der Waals surface area (Å²) in [6.45, 7) is 0.651. The van der Waals surface area contributed by atoms with Crippen molar-refractivity contribution in [1.82, 2.24) is 4.98 Å². The topological polar surface area (TPSA) is 71.5 Å². The molecule has 4 rings (SSSR count). The van der Waals surface area contributed by atoms with Crippen LogP contribution in [0.2, 0.25) is 0 Å². The fourth-order valence-corrected chi connectivity index (χ4v) is 4.30. The maximum absolute atomic E-state index is 12.1. The second-order valence-corrected chi connectivity index (χ2v) is 7.80. The maximum atomic E-state index is 12.1. The van der Waals surface area contributed by atoms with Gasteiger partial charge < -0.3 is 9.64 Å². The molecule has 0 bridgehead atoms. The molecule has 3 aromatic rings. The predicted octanol–water partition coefficient (Wildman–Crippen LogP) is 4.02. The molecule has 1 N–H and O–H groups in total. The number of carbonyl (C=O) groups is 2. The van der Waals surface area contributed by atoms with Crippen molar-refractivity contribution >= 4 is 45.3 Å². The van der Waals surface area contributed by atoms with E-state index in [0.717, 1.165) is 29.2 Å². The van der Waals surface area contributed by atoms with Crippen LogP contribution in [0.15, 0.2) is 47.2 Å². The molecular weight excluding hydrogens is 382 g/mol. The Morgan fingerprint density at radius 1 is 1.22 bits per heavy atom. The van der Waals surface area contributed by atoms with Gasteiger partial charge in [0.15, 0.2) is 11.7 Å². The van der Waals surface area contributed by atoms with Crippen LogP contribution in [0.3, 0.4) is 0 Å². The van der Waals surface area contributed by atoms with Gasteiger partial charge in [0.25, 0.3) is 5.91 Å². The zero-order chi connectivity index (χ0) is 18.6. The molecular formula is C19H17N3O3S2. The van der Waals surface area contributed by atoms with Gasteiger partial charge in [0, 0.05) is 24.0 Å². The normalized spacial score (nSPS) is 13.8. The molecule has 27 heavy (non-hydrogen) atoms. The Kier molecular flexibility index (Phi) is 5.17. The first-order chi connectivity index (χ1) is 13.2. The van der Waals surface area contributed by atoms with Gasteiger partial charge in [0.1, 0.15) is 5.75 Å². The molecule has 1 aromatic carbocycles. The minimum absolute atomic E-state index is 0.101. The number of amides is 2. The Morgan fingerprint density at radius 3 is 2.78 bits per heavy atom. The molecule has 1 aliphatic rings. The molecule has 1 aliphatic heterocycles. The predicted molar refractivity (Wildman–Crippen MR) is 108 cm³/mol. The van der Waals surface area contributed by atoms with Crippen LogP contribution < -0.4 is 15.0 Å². The quantitative estimate of drug-likeness (QED) is 0.680. The van der Waals surface area contributed by atoms with Crippen LogP contribution in [0.4, 0.5) is 10.8 Å². The van der Waals surface area contributed by atoms with Crippen molar-refractivity contribution in [3.05, 3.63) is 47.2 Å². The van der Waals surface area contributed by atoms with Gasteiger partial charge in [-0.3, -0.25) is 14.9 Å². The van der Waals surface area contributed by atoms with Crippen LogP contribution in [-0.2, 0) is 9.59 Å². The van der Waals surface area contributed by atoms with E-state index in [1.165, 1.54) is 11.3 Å². The highest BCUT2D eigenvalue weighted by molar-refractivity contribution is 7.16. The summed E-state index contributed by atoms with van der Waals surface area (Å²) < 4.78 is 5.53. The van der Waals surface area contributed by atoms with E-state index in [9.17, 15) is 9.59 Å². The fraction of sp³-hybridized carbons (Fsp3) is 0.211. The van der Waals surface area contributed by atoms with E-state index < -0.39 is 0 Å². The Bertz CT molecular complexity index is 936. The van der Waals surface area contributed by atoms with Crippen molar-refractivity contribution in [2.45, 2.75) is 12.8 Å². The van der Waals surface area contributed by atoms with Crippen molar-refractivity contribution in [1.29, 1.82) is 0 Å². The van der Waals surface area contributed by atoms with E-state index in [0.29, 0.717) is 17.3 Å². The van der Waals surface area contributed by atoms with Crippen molar-refractivity contribution in [3.63, 3.8) is 0 Å². The van der Waals surface area contributed by atoms with Gasteiger partial charge in [0.2, 0.25) is 5.91 Å². The SMILES string of the molecule is O=C(COc1ccc(N2CCCC2=O)cc1)Nc1nc(-c2cccs2)cs1. The fourth-order valence-electron chi connectivity index (χ4n) is 2.82. The number of nitrogens with zero attached hydrogens (tertiary/aromatic N) is 2. The summed E-state index contributed by atoms with van der Waals surface area (Å²) in [5, 5.41) is 7.21. The number of hydrogen-bond donors (Lipinski definition) is 1. The van der Waals surface area contributed by atoms with E-state index in [1.54, 1.807) is 28.4 Å². The lowest BCUT2D eigenvalue weighted by Crippen LogP contribution is -2.23. The van der Waals surface area contributed by atoms with Gasteiger partial charge in [-0.25, -0.2) is 4.98 Å². The number of benzene rings is 1. The average molecular weight is 399 g/mol. The number of thiophene rings is 1. The summed E-state index contributed by atoms with van der Waals surface area (Å²) in [7, 11) is 0. The van der Waals surface area contributed by atoms with Gasteiger partial charge in [-0.05, 0) is 42.1 Å². The third-order valence-corrected chi connectivity index (χ3v) is 5.77. The molecule has 0 radical (unpaired) electrons. The Balaban J connectivity index is 1.29. The second kappa shape index (κ2) is 7.89. The number of aromatic nitrogens is 1. The lowest BCUT2D eigenvalue weighted by atomic mass is 10.3. The number of thiazole rings is 1. The van der Waals surface area contributed by atoms with Crippen LogP contribution in [-0.4, -0.2) is 29.9 Å². The molecule has 0 spiro atoms. The number of nitrogens with one attached hydrogen (secondary N) is 1. The molecule has 6 nitrogen and oxygen atoms in total. The second-order valence-electron chi connectivity index (χ2n) is 5.99. The minimum atomic E-state index is -0.263. The van der Waals surface area contributed by atoms with Crippen LogP contribution in [0.5, 0.6) is 5.75 Å². The first-order valence-corrected chi connectivity index (χ1v) is 10.3. The summed E-state index contributed by atoms with van der Waals surface area (Å²) in [6, 6.07) is 11.2. The standard InChI is InChI=1S/C19H17N3O3S2/c23-17(21-19-20-15(12-27-19)16-3-2-10-26-16)11-25-14-7-5-13(6-8-14)22-9-1-4-18(22)24/h2-3,5-8,10,12H,1,4,9,11H2,(H,20,21,23). The van der Waals surface area contributed by atoms with Gasteiger partial charge in [-0.2, -0.15) is 0 Å². The van der Waals surface area contributed by atoms with Crippen LogP contribution in [0.1, 0.15) is 12.8 Å². The average Bonchev–Trinajstić information content (AvgIpc) is 3.42. The van der Waals surface area contributed by atoms with Crippen molar-refractivity contribution < 1.29 is 14.3 Å². The van der Waals surface area contributed by atoms with Gasteiger partial charge >= 0.3 is 0 Å². The molecule has 1 fully saturated rings. The first kappa shape index (κ1) is 17.7. The largest absolute Gasteiger partial charge is 0.484 e.